The number of allylic oxidation sites excluding steroid dienone is 1. The van der Waals surface area contributed by atoms with Crippen LogP contribution in [-0.2, 0) is 25.0 Å². The molecule has 4 rings (SSSR count). The number of benzene rings is 2. The molecular weight excluding hydrogens is 598 g/mol. The Morgan fingerprint density at radius 3 is 2.00 bits per heavy atom. The predicted octanol–water partition coefficient (Wildman–Crippen LogP) is 9.61. The van der Waals surface area contributed by atoms with Crippen LogP contribution in [0, 0.1) is 19.9 Å². The minimum absolute atomic E-state index is 0.608. The maximum Gasteiger partial charge on any atom is -0.0488 e. The molecule has 0 saturated carbocycles. The Balaban J connectivity index is 0.000000188. The molecule has 0 N–H and O–H groups in total. The molecule has 32 heavy (non-hydrogen) atoms. The van der Waals surface area contributed by atoms with Gasteiger partial charge in [-0.05, 0) is 18.8 Å². The molecule has 0 bridgehead atoms. The van der Waals surface area contributed by atoms with Crippen molar-refractivity contribution in [2.75, 3.05) is 0 Å². The van der Waals surface area contributed by atoms with E-state index < -0.39 is 18.6 Å². The van der Waals surface area contributed by atoms with Gasteiger partial charge in [-0.2, -0.15) is 17.7 Å². The zero-order chi connectivity index (χ0) is 24.0. The van der Waals surface area contributed by atoms with Crippen LogP contribution in [0.1, 0.15) is 86.8 Å². The van der Waals surface area contributed by atoms with E-state index in [1.807, 2.05) is 13.8 Å². The molecule has 0 nitrogen and oxygen atoms in total. The number of aryl methyl sites for hydroxylation is 2. The van der Waals surface area contributed by atoms with Gasteiger partial charge < -0.3 is 0 Å². The smallest absolute Gasteiger partial charge is 0.0488 e. The minimum Gasteiger partial charge on any atom is -0.168 e. The van der Waals surface area contributed by atoms with E-state index in [0.29, 0.717) is 11.8 Å². The van der Waals surface area contributed by atoms with Crippen LogP contribution >= 0.6 is 17.2 Å². The summed E-state index contributed by atoms with van der Waals surface area (Å²) in [5.41, 5.74) is 8.66. The van der Waals surface area contributed by atoms with E-state index in [4.69, 9.17) is 17.2 Å². The van der Waals surface area contributed by atoms with Gasteiger partial charge in [0.2, 0.25) is 0 Å². The Hall–Kier alpha value is -0.890. The number of hydrogen-bond donors (Lipinski definition) is 0. The molecule has 1 aliphatic carbocycles. The van der Waals surface area contributed by atoms with Crippen molar-refractivity contribution in [1.82, 2.24) is 0 Å². The molecule has 1 aliphatic rings. The first-order valence-electron chi connectivity index (χ1n) is 11.4. The third kappa shape index (κ3) is 7.05. The average Bonchev–Trinajstić information content (AvgIpc) is 3.41. The Kier molecular flexibility index (Phi) is 10.7. The SMILES string of the molecule is CC(C)c1ccc(C(C)C)c2c1C=[C-]C2.C[C](C)=[Hf]([Cl])[Cl].Cc1ccc(C)c2[cH-]ccc12. The Bertz CT molecular complexity index is 1060. The topological polar surface area (TPSA) is 0 Å². The summed E-state index contributed by atoms with van der Waals surface area (Å²) >= 11 is -1.97. The van der Waals surface area contributed by atoms with Gasteiger partial charge in [-0.15, -0.1) is 46.0 Å². The Morgan fingerprint density at radius 1 is 0.906 bits per heavy atom. The number of rotatable bonds is 2. The van der Waals surface area contributed by atoms with Crippen LogP contribution in [0.4, 0.5) is 0 Å². The summed E-state index contributed by atoms with van der Waals surface area (Å²) < 4.78 is 1.25. The molecule has 0 saturated heterocycles. The first-order valence-corrected chi connectivity index (χ1v) is 22.1. The van der Waals surface area contributed by atoms with Crippen molar-refractivity contribution in [3.05, 3.63) is 81.9 Å². The van der Waals surface area contributed by atoms with Gasteiger partial charge in [0.1, 0.15) is 0 Å². The molecule has 0 atom stereocenters. The monoisotopic (exact) mass is 634 g/mol. The number of hydrogen-bond acceptors (Lipinski definition) is 0. The van der Waals surface area contributed by atoms with Crippen molar-refractivity contribution in [1.29, 1.82) is 0 Å². The number of halogens is 2. The van der Waals surface area contributed by atoms with Crippen LogP contribution in [0.2, 0.25) is 0 Å². The third-order valence-corrected chi connectivity index (χ3v) is 14.7. The van der Waals surface area contributed by atoms with Gasteiger partial charge in [-0.1, -0.05) is 63.9 Å². The summed E-state index contributed by atoms with van der Waals surface area (Å²) in [6.45, 7) is 17.3. The summed E-state index contributed by atoms with van der Waals surface area (Å²) in [5.74, 6) is 1.23. The summed E-state index contributed by atoms with van der Waals surface area (Å²) in [4.78, 5) is 0. The van der Waals surface area contributed by atoms with Gasteiger partial charge in [0.25, 0.3) is 0 Å². The fraction of sp³-hybridized carbons (Fsp3) is 0.379. The summed E-state index contributed by atoms with van der Waals surface area (Å²) in [5, 5.41) is 2.79. The van der Waals surface area contributed by atoms with Gasteiger partial charge in [0, 0.05) is 0 Å². The molecule has 172 valence electrons. The van der Waals surface area contributed by atoms with Crippen molar-refractivity contribution in [3.63, 3.8) is 0 Å². The fourth-order valence-corrected chi connectivity index (χ4v) is 3.90. The van der Waals surface area contributed by atoms with Crippen LogP contribution in [0.3, 0.4) is 0 Å². The van der Waals surface area contributed by atoms with Crippen LogP contribution < -0.4 is 0 Å². The van der Waals surface area contributed by atoms with Crippen molar-refractivity contribution in [2.24, 2.45) is 0 Å². The van der Waals surface area contributed by atoms with E-state index >= 15 is 0 Å². The molecule has 0 aliphatic heterocycles. The fourth-order valence-electron chi connectivity index (χ4n) is 3.90. The standard InChI is InChI=1S/C15H19.C11H11.C3H6.2ClH.Hf/c1-10(2)12-8-9-13(11(3)4)15-7-5-6-14(12)15;1-8-6-7-9(2)11-5-3-4-10(8)11;1-3-2;;;/h6,8-11H,7H2,1-4H3;3-7H,1-2H3;1-2H3;2*1H;/q2*-1;;;;+2/p-2. The van der Waals surface area contributed by atoms with Crippen molar-refractivity contribution >= 4 is 37.3 Å². The molecule has 0 aromatic heterocycles. The van der Waals surface area contributed by atoms with E-state index in [2.05, 4.69) is 96.2 Å². The van der Waals surface area contributed by atoms with Crippen LogP contribution in [0.25, 0.3) is 16.8 Å². The molecule has 0 unspecified atom stereocenters. The Labute approximate surface area is 210 Å². The molecule has 0 spiro atoms. The van der Waals surface area contributed by atoms with Gasteiger partial charge in [-0.25, -0.2) is 6.08 Å². The number of fused-ring (bicyclic) bond motifs is 2. The first-order chi connectivity index (χ1) is 15.0. The quantitative estimate of drug-likeness (QED) is 0.195. The van der Waals surface area contributed by atoms with Gasteiger partial charge in [0.15, 0.2) is 0 Å². The molecule has 0 fully saturated rings. The minimum atomic E-state index is -1.97. The second-order valence-corrected chi connectivity index (χ2v) is 22.5. The van der Waals surface area contributed by atoms with Gasteiger partial charge >= 0.3 is 52.8 Å². The van der Waals surface area contributed by atoms with Crippen LogP contribution in [0.15, 0.2) is 42.5 Å². The van der Waals surface area contributed by atoms with Crippen molar-refractivity contribution in [2.45, 2.75) is 73.6 Å². The molecule has 0 heterocycles. The normalized spacial score (nSPS) is 11.8. The first kappa shape index (κ1) is 27.4. The summed E-state index contributed by atoms with van der Waals surface area (Å²) in [6, 6.07) is 15.4. The zero-order valence-corrected chi connectivity index (χ0v) is 25.8. The zero-order valence-electron chi connectivity index (χ0n) is 20.7. The second-order valence-electron chi connectivity index (χ2n) is 9.28. The predicted molar refractivity (Wildman–Crippen MR) is 143 cm³/mol. The van der Waals surface area contributed by atoms with Crippen LogP contribution in [-0.4, -0.2) is 3.26 Å². The van der Waals surface area contributed by atoms with E-state index in [-0.39, 0.29) is 0 Å². The third-order valence-electron chi connectivity index (χ3n) is 5.82. The van der Waals surface area contributed by atoms with Crippen LogP contribution in [0.5, 0.6) is 0 Å². The molecular formula is C29H36Cl2Hf-2. The maximum absolute atomic E-state index is 5.55. The van der Waals surface area contributed by atoms with Gasteiger partial charge in [-0.3, -0.25) is 6.08 Å². The van der Waals surface area contributed by atoms with E-state index in [9.17, 15) is 0 Å². The average molecular weight is 634 g/mol. The van der Waals surface area contributed by atoms with E-state index in [0.717, 1.165) is 6.42 Å². The molecule has 3 aromatic rings. The largest absolute Gasteiger partial charge is 0.168 e. The molecule has 0 radical (unpaired) electrons. The summed E-state index contributed by atoms with van der Waals surface area (Å²) in [7, 11) is 11.1. The molecule has 3 aromatic carbocycles. The Morgan fingerprint density at radius 2 is 1.47 bits per heavy atom. The van der Waals surface area contributed by atoms with E-state index in [1.54, 1.807) is 0 Å². The summed E-state index contributed by atoms with van der Waals surface area (Å²) in [6.07, 6.45) is 6.53. The molecule has 0 amide bonds. The van der Waals surface area contributed by atoms with Crippen molar-refractivity contribution in [3.8, 4) is 0 Å². The molecule has 3 heteroatoms. The maximum atomic E-state index is 5.55. The van der Waals surface area contributed by atoms with E-state index in [1.165, 1.54) is 47.4 Å². The van der Waals surface area contributed by atoms with Gasteiger partial charge in [0.05, 0.1) is 0 Å². The van der Waals surface area contributed by atoms with Crippen molar-refractivity contribution < 1.29 is 18.6 Å². The second kappa shape index (κ2) is 12.5.